The highest BCUT2D eigenvalue weighted by Gasteiger charge is 2.30. The van der Waals surface area contributed by atoms with Crippen LogP contribution >= 0.6 is 11.6 Å². The van der Waals surface area contributed by atoms with E-state index in [9.17, 15) is 18.7 Å². The van der Waals surface area contributed by atoms with E-state index in [1.807, 2.05) is 27.7 Å². The number of nitrogens with one attached hydrogen (secondary N) is 1. The molecule has 1 aromatic carbocycles. The molecule has 118 valence electrons. The minimum Gasteiger partial charge on any atom is -0.392 e. The zero-order valence-corrected chi connectivity index (χ0v) is 13.3. The highest BCUT2D eigenvalue weighted by Crippen LogP contribution is 2.26. The molecule has 1 unspecified atom stereocenters. The first-order valence-electron chi connectivity index (χ1n) is 6.67. The van der Waals surface area contributed by atoms with Crippen LogP contribution in [0.1, 0.15) is 38.1 Å². The summed E-state index contributed by atoms with van der Waals surface area (Å²) in [5.41, 5.74) is -0.695. The Bertz CT molecular complexity index is 533. The van der Waals surface area contributed by atoms with Gasteiger partial charge in [-0.25, -0.2) is 8.78 Å². The number of hydrogen-bond acceptors (Lipinski definition) is 2. The van der Waals surface area contributed by atoms with Crippen molar-refractivity contribution < 1.29 is 18.7 Å². The Kier molecular flexibility index (Phi) is 5.70. The average Bonchev–Trinajstić information content (AvgIpc) is 2.39. The molecule has 0 aromatic heterocycles. The van der Waals surface area contributed by atoms with E-state index in [-0.39, 0.29) is 23.0 Å². The molecule has 6 heteroatoms. The predicted molar refractivity (Wildman–Crippen MR) is 78.3 cm³/mol. The first kappa shape index (κ1) is 17.9. The number of amides is 1. The first-order chi connectivity index (χ1) is 9.56. The van der Waals surface area contributed by atoms with Gasteiger partial charge >= 0.3 is 0 Å². The Labute approximate surface area is 128 Å². The van der Waals surface area contributed by atoms with E-state index in [1.54, 1.807) is 0 Å². The zero-order valence-electron chi connectivity index (χ0n) is 12.5. The second kappa shape index (κ2) is 6.71. The Morgan fingerprint density at radius 1 is 1.33 bits per heavy atom. The number of carbonyl (C=O) groups excluding carboxylic acids is 1. The largest absolute Gasteiger partial charge is 0.392 e. The fraction of sp³-hybridized carbons (Fsp3) is 0.533. The van der Waals surface area contributed by atoms with Crippen LogP contribution in [-0.2, 0) is 0 Å². The molecule has 0 fully saturated rings. The molecular weight excluding hydrogens is 300 g/mol. The van der Waals surface area contributed by atoms with Gasteiger partial charge in [-0.1, -0.05) is 39.3 Å². The Morgan fingerprint density at radius 2 is 1.86 bits per heavy atom. The Hall–Kier alpha value is -1.20. The lowest BCUT2D eigenvalue weighted by Crippen LogP contribution is -2.43. The van der Waals surface area contributed by atoms with Crippen LogP contribution in [0.5, 0.6) is 0 Å². The monoisotopic (exact) mass is 319 g/mol. The molecule has 1 aromatic rings. The summed E-state index contributed by atoms with van der Waals surface area (Å²) in [6.45, 7) is 7.55. The Morgan fingerprint density at radius 3 is 2.38 bits per heavy atom. The maximum absolute atomic E-state index is 13.2. The van der Waals surface area contributed by atoms with Crippen LogP contribution in [-0.4, -0.2) is 23.7 Å². The van der Waals surface area contributed by atoms with Gasteiger partial charge in [0.05, 0.1) is 16.7 Å². The number of hydrogen-bond donors (Lipinski definition) is 2. The van der Waals surface area contributed by atoms with Gasteiger partial charge in [0.2, 0.25) is 0 Å². The maximum Gasteiger partial charge on any atom is 0.252 e. The third-order valence-electron chi connectivity index (χ3n) is 3.39. The van der Waals surface area contributed by atoms with Crippen molar-refractivity contribution in [2.24, 2.45) is 11.3 Å². The van der Waals surface area contributed by atoms with E-state index in [0.717, 1.165) is 12.1 Å². The van der Waals surface area contributed by atoms with E-state index >= 15 is 0 Å². The molecule has 21 heavy (non-hydrogen) atoms. The zero-order chi connectivity index (χ0) is 16.4. The topological polar surface area (TPSA) is 49.3 Å². The van der Waals surface area contributed by atoms with E-state index in [2.05, 4.69) is 5.32 Å². The second-order valence-corrected chi connectivity index (χ2v) is 6.51. The van der Waals surface area contributed by atoms with Crippen molar-refractivity contribution in [2.75, 3.05) is 6.54 Å². The van der Waals surface area contributed by atoms with Crippen molar-refractivity contribution in [3.05, 3.63) is 34.4 Å². The van der Waals surface area contributed by atoms with E-state index in [1.165, 1.54) is 0 Å². The third kappa shape index (κ3) is 4.38. The van der Waals surface area contributed by atoms with Gasteiger partial charge in [0, 0.05) is 12.0 Å². The summed E-state index contributed by atoms with van der Waals surface area (Å²) in [5.74, 6) is -2.81. The van der Waals surface area contributed by atoms with Crippen LogP contribution in [0.4, 0.5) is 8.78 Å². The van der Waals surface area contributed by atoms with Crippen molar-refractivity contribution in [1.29, 1.82) is 0 Å². The summed E-state index contributed by atoms with van der Waals surface area (Å²) in [6.07, 6.45) is -0.613. The first-order valence-corrected chi connectivity index (χ1v) is 7.05. The lowest BCUT2D eigenvalue weighted by atomic mass is 9.80. The average molecular weight is 320 g/mol. The predicted octanol–water partition coefficient (Wildman–Crippen LogP) is 3.39. The summed E-state index contributed by atoms with van der Waals surface area (Å²) >= 11 is 5.74. The van der Waals surface area contributed by atoms with Crippen LogP contribution in [0.2, 0.25) is 5.02 Å². The summed E-state index contributed by atoms with van der Waals surface area (Å²) in [5, 5.41) is 12.5. The summed E-state index contributed by atoms with van der Waals surface area (Å²) in [7, 11) is 0. The fourth-order valence-corrected chi connectivity index (χ4v) is 2.34. The van der Waals surface area contributed by atoms with Gasteiger partial charge in [-0.05, 0) is 18.1 Å². The number of carbonyl (C=O) groups is 1. The molecular formula is C15H20ClF2NO2. The summed E-state index contributed by atoms with van der Waals surface area (Å²) in [6, 6.07) is 1.53. The van der Waals surface area contributed by atoms with E-state index in [0.29, 0.717) is 0 Å². The lowest BCUT2D eigenvalue weighted by Gasteiger charge is -2.33. The Balaban J connectivity index is 2.81. The molecule has 1 rings (SSSR count). The van der Waals surface area contributed by atoms with Crippen LogP contribution in [0, 0.1) is 23.0 Å². The van der Waals surface area contributed by atoms with Crippen LogP contribution in [0.15, 0.2) is 12.1 Å². The number of halogens is 3. The van der Waals surface area contributed by atoms with Crippen molar-refractivity contribution in [3.8, 4) is 0 Å². The van der Waals surface area contributed by atoms with Crippen molar-refractivity contribution in [1.82, 2.24) is 5.32 Å². The minimum atomic E-state index is -1.13. The number of aliphatic hydroxyl groups is 1. The summed E-state index contributed by atoms with van der Waals surface area (Å²) in [4.78, 5) is 12.0. The van der Waals surface area contributed by atoms with Gasteiger partial charge in [-0.2, -0.15) is 0 Å². The maximum atomic E-state index is 13.2. The van der Waals surface area contributed by atoms with Gasteiger partial charge in [0.1, 0.15) is 0 Å². The molecule has 0 radical (unpaired) electrons. The fourth-order valence-electron chi connectivity index (χ4n) is 2.11. The smallest absolute Gasteiger partial charge is 0.252 e. The molecule has 0 aliphatic heterocycles. The van der Waals surface area contributed by atoms with Gasteiger partial charge in [0.25, 0.3) is 5.91 Å². The molecule has 0 heterocycles. The number of aliphatic hydroxyl groups excluding tert-OH is 1. The second-order valence-electron chi connectivity index (χ2n) is 6.11. The molecule has 1 amide bonds. The molecule has 0 saturated heterocycles. The normalized spacial score (nSPS) is 13.4. The van der Waals surface area contributed by atoms with Crippen LogP contribution in [0.3, 0.4) is 0 Å². The highest BCUT2D eigenvalue weighted by atomic mass is 35.5. The SMILES string of the molecule is CC(C)C(O)C(C)(C)CNC(=O)c1cc(F)c(F)cc1Cl. The van der Waals surface area contributed by atoms with E-state index < -0.39 is 29.1 Å². The van der Waals surface area contributed by atoms with Crippen molar-refractivity contribution in [3.63, 3.8) is 0 Å². The quantitative estimate of drug-likeness (QED) is 0.817. The minimum absolute atomic E-state index is 0.0313. The highest BCUT2D eigenvalue weighted by molar-refractivity contribution is 6.33. The van der Waals surface area contributed by atoms with Crippen molar-refractivity contribution >= 4 is 17.5 Å². The molecule has 0 aliphatic rings. The van der Waals surface area contributed by atoms with Crippen LogP contribution in [0.25, 0.3) is 0 Å². The van der Waals surface area contributed by atoms with E-state index in [4.69, 9.17) is 11.6 Å². The lowest BCUT2D eigenvalue weighted by molar-refractivity contribution is 0.0138. The summed E-state index contributed by atoms with van der Waals surface area (Å²) < 4.78 is 26.1. The van der Waals surface area contributed by atoms with Gasteiger partial charge in [0.15, 0.2) is 11.6 Å². The molecule has 0 spiro atoms. The molecule has 3 nitrogen and oxygen atoms in total. The van der Waals surface area contributed by atoms with Gasteiger partial charge in [-0.3, -0.25) is 4.79 Å². The van der Waals surface area contributed by atoms with Gasteiger partial charge < -0.3 is 10.4 Å². The molecule has 2 N–H and O–H groups in total. The number of rotatable bonds is 5. The molecule has 0 saturated carbocycles. The van der Waals surface area contributed by atoms with Gasteiger partial charge in [-0.15, -0.1) is 0 Å². The standard InChI is InChI=1S/C15H20ClF2NO2/c1-8(2)13(20)15(3,4)7-19-14(21)9-5-11(17)12(18)6-10(9)16/h5-6,8,13,20H,7H2,1-4H3,(H,19,21). The van der Waals surface area contributed by atoms with Crippen LogP contribution < -0.4 is 5.32 Å². The molecule has 0 bridgehead atoms. The van der Waals surface area contributed by atoms with Crippen molar-refractivity contribution in [2.45, 2.75) is 33.8 Å². The third-order valence-corrected chi connectivity index (χ3v) is 3.70. The molecule has 1 atom stereocenters. The number of benzene rings is 1. The molecule has 0 aliphatic carbocycles.